The zero-order valence-electron chi connectivity index (χ0n) is 9.27. The van der Waals surface area contributed by atoms with Crippen LogP contribution in [0.5, 0.6) is 0 Å². The van der Waals surface area contributed by atoms with Crippen LogP contribution < -0.4 is 0 Å². The third-order valence-electron chi connectivity index (χ3n) is 2.32. The molecule has 1 aromatic carbocycles. The van der Waals surface area contributed by atoms with Crippen LogP contribution in [0.25, 0.3) is 11.6 Å². The lowest BCUT2D eigenvalue weighted by atomic mass is 10.1. The van der Waals surface area contributed by atoms with E-state index in [1.165, 1.54) is 0 Å². The molecule has 0 atom stereocenters. The van der Waals surface area contributed by atoms with Gasteiger partial charge in [0.25, 0.3) is 0 Å². The van der Waals surface area contributed by atoms with Crippen LogP contribution in [0.2, 0.25) is 10.0 Å². The maximum atomic E-state index is 9.16. The molecule has 0 unspecified atom stereocenters. The van der Waals surface area contributed by atoms with Gasteiger partial charge in [0.15, 0.2) is 0 Å². The molecule has 2 aromatic rings. The van der Waals surface area contributed by atoms with Crippen molar-refractivity contribution in [2.45, 2.75) is 0 Å². The second-order valence-electron chi connectivity index (χ2n) is 3.55. The van der Waals surface area contributed by atoms with E-state index in [2.05, 4.69) is 11.1 Å². The number of aromatic nitrogens is 1. The summed E-state index contributed by atoms with van der Waals surface area (Å²) in [6.45, 7) is 0. The predicted octanol–water partition coefficient (Wildman–Crippen LogP) is 4.45. The molecule has 0 spiro atoms. The van der Waals surface area contributed by atoms with E-state index >= 15 is 0 Å². The van der Waals surface area contributed by atoms with Crippen LogP contribution in [0, 0.1) is 11.3 Å². The summed E-state index contributed by atoms with van der Waals surface area (Å²) in [6.07, 6.45) is 3.34. The molecule has 0 saturated carbocycles. The highest BCUT2D eigenvalue weighted by molar-refractivity contribution is 6.35. The molecule has 0 fully saturated rings. The van der Waals surface area contributed by atoms with Crippen LogP contribution in [0.3, 0.4) is 0 Å². The van der Waals surface area contributed by atoms with Crippen LogP contribution in [-0.2, 0) is 0 Å². The summed E-state index contributed by atoms with van der Waals surface area (Å²) in [5, 5.41) is 10.2. The Labute approximate surface area is 115 Å². The van der Waals surface area contributed by atoms with Gasteiger partial charge in [-0.05, 0) is 35.9 Å². The van der Waals surface area contributed by atoms with Gasteiger partial charge >= 0.3 is 0 Å². The highest BCUT2D eigenvalue weighted by Crippen LogP contribution is 2.24. The Balaban J connectivity index is 2.45. The van der Waals surface area contributed by atoms with Crippen molar-refractivity contribution in [1.82, 2.24) is 4.98 Å². The summed E-state index contributed by atoms with van der Waals surface area (Å²) >= 11 is 11.9. The molecule has 0 bridgehead atoms. The minimum Gasteiger partial charge on any atom is -0.256 e. The van der Waals surface area contributed by atoms with Crippen molar-refractivity contribution in [3.63, 3.8) is 0 Å². The zero-order chi connectivity index (χ0) is 13.0. The lowest BCUT2D eigenvalue weighted by Crippen LogP contribution is -1.86. The first-order valence-corrected chi connectivity index (χ1v) is 5.94. The highest BCUT2D eigenvalue weighted by Gasteiger charge is 2.04. The molecule has 88 valence electrons. The van der Waals surface area contributed by atoms with Gasteiger partial charge in [0.05, 0.1) is 11.3 Å². The van der Waals surface area contributed by atoms with Crippen LogP contribution in [0.4, 0.5) is 0 Å². The van der Waals surface area contributed by atoms with Crippen molar-refractivity contribution >= 4 is 34.9 Å². The second-order valence-corrected chi connectivity index (χ2v) is 4.39. The van der Waals surface area contributed by atoms with Crippen molar-refractivity contribution in [2.75, 3.05) is 0 Å². The van der Waals surface area contributed by atoms with E-state index in [0.717, 1.165) is 5.56 Å². The number of halogens is 2. The highest BCUT2D eigenvalue weighted by atomic mass is 35.5. The molecule has 0 aliphatic heterocycles. The van der Waals surface area contributed by atoms with E-state index in [9.17, 15) is 0 Å². The Bertz CT molecular complexity index is 628. The number of hydrogen-bond acceptors (Lipinski definition) is 2. The van der Waals surface area contributed by atoms with E-state index in [1.807, 2.05) is 6.07 Å². The van der Waals surface area contributed by atoms with Crippen molar-refractivity contribution in [2.24, 2.45) is 0 Å². The molecule has 0 radical (unpaired) electrons. The number of nitrogens with zero attached hydrogens (tertiary/aromatic N) is 2. The lowest BCUT2D eigenvalue weighted by molar-refractivity contribution is 1.28. The SMILES string of the molecule is N#CC(=Cc1ccc(Cl)cc1Cl)c1ccccn1. The summed E-state index contributed by atoms with van der Waals surface area (Å²) in [5.74, 6) is 0. The molecule has 4 heteroatoms. The number of allylic oxidation sites excluding steroid dienone is 1. The Morgan fingerprint density at radius 2 is 2.06 bits per heavy atom. The largest absolute Gasteiger partial charge is 0.256 e. The predicted molar refractivity (Wildman–Crippen MR) is 74.2 cm³/mol. The minimum atomic E-state index is 0.458. The first kappa shape index (κ1) is 12.6. The quantitative estimate of drug-likeness (QED) is 0.759. The summed E-state index contributed by atoms with van der Waals surface area (Å²) in [5.41, 5.74) is 1.81. The molecule has 0 aliphatic rings. The number of pyridine rings is 1. The topological polar surface area (TPSA) is 36.7 Å². The van der Waals surface area contributed by atoms with E-state index < -0.39 is 0 Å². The van der Waals surface area contributed by atoms with Crippen LogP contribution in [0.15, 0.2) is 42.6 Å². The first-order valence-electron chi connectivity index (χ1n) is 5.19. The Hall–Kier alpha value is -1.82. The maximum Gasteiger partial charge on any atom is 0.101 e. The molecule has 1 heterocycles. The minimum absolute atomic E-state index is 0.458. The van der Waals surface area contributed by atoms with Gasteiger partial charge in [0.1, 0.15) is 6.07 Å². The molecule has 0 aliphatic carbocycles. The fourth-order valence-electron chi connectivity index (χ4n) is 1.46. The number of rotatable bonds is 2. The number of benzene rings is 1. The average molecular weight is 275 g/mol. The monoisotopic (exact) mass is 274 g/mol. The van der Waals surface area contributed by atoms with Gasteiger partial charge in [-0.2, -0.15) is 5.26 Å². The third kappa shape index (κ3) is 2.89. The Morgan fingerprint density at radius 1 is 1.22 bits per heavy atom. The molecular formula is C14H8Cl2N2. The zero-order valence-corrected chi connectivity index (χ0v) is 10.8. The molecule has 1 aromatic heterocycles. The molecule has 0 saturated heterocycles. The molecule has 0 amide bonds. The van der Waals surface area contributed by atoms with E-state index in [-0.39, 0.29) is 0 Å². The van der Waals surface area contributed by atoms with Gasteiger partial charge in [0.2, 0.25) is 0 Å². The van der Waals surface area contributed by atoms with Crippen molar-refractivity contribution in [3.05, 3.63) is 63.9 Å². The van der Waals surface area contributed by atoms with Gasteiger partial charge in [-0.25, -0.2) is 0 Å². The Kier molecular flexibility index (Phi) is 3.99. The van der Waals surface area contributed by atoms with Gasteiger partial charge in [-0.1, -0.05) is 35.3 Å². The molecule has 0 N–H and O–H groups in total. The van der Waals surface area contributed by atoms with Gasteiger partial charge in [-0.3, -0.25) is 4.98 Å². The van der Waals surface area contributed by atoms with Gasteiger partial charge in [-0.15, -0.1) is 0 Å². The summed E-state index contributed by atoms with van der Waals surface area (Å²) < 4.78 is 0. The molecule has 2 rings (SSSR count). The standard InChI is InChI=1S/C14H8Cl2N2/c15-12-5-4-10(13(16)8-12)7-11(9-17)14-3-1-2-6-18-14/h1-8H. The summed E-state index contributed by atoms with van der Waals surface area (Å²) in [6, 6.07) is 12.7. The molecular weight excluding hydrogens is 267 g/mol. The second kappa shape index (κ2) is 5.68. The lowest BCUT2D eigenvalue weighted by Gasteiger charge is -2.01. The van der Waals surface area contributed by atoms with Crippen molar-refractivity contribution in [1.29, 1.82) is 5.26 Å². The summed E-state index contributed by atoms with van der Waals surface area (Å²) in [4.78, 5) is 4.13. The third-order valence-corrected chi connectivity index (χ3v) is 2.89. The van der Waals surface area contributed by atoms with Crippen LogP contribution >= 0.6 is 23.2 Å². The fraction of sp³-hybridized carbons (Fsp3) is 0. The van der Waals surface area contributed by atoms with E-state index in [0.29, 0.717) is 21.3 Å². The molecule has 2 nitrogen and oxygen atoms in total. The van der Waals surface area contributed by atoms with Crippen molar-refractivity contribution < 1.29 is 0 Å². The average Bonchev–Trinajstić information content (AvgIpc) is 2.39. The van der Waals surface area contributed by atoms with Gasteiger partial charge in [0, 0.05) is 16.2 Å². The van der Waals surface area contributed by atoms with E-state index in [1.54, 1.807) is 42.6 Å². The first-order chi connectivity index (χ1) is 8.70. The normalized spacial score (nSPS) is 11.1. The van der Waals surface area contributed by atoms with Gasteiger partial charge < -0.3 is 0 Å². The van der Waals surface area contributed by atoms with E-state index in [4.69, 9.17) is 28.5 Å². The molecule has 18 heavy (non-hydrogen) atoms. The number of hydrogen-bond donors (Lipinski definition) is 0. The van der Waals surface area contributed by atoms with Crippen LogP contribution in [-0.4, -0.2) is 4.98 Å². The Morgan fingerprint density at radius 3 is 2.67 bits per heavy atom. The maximum absolute atomic E-state index is 9.16. The number of nitriles is 1. The van der Waals surface area contributed by atoms with Crippen molar-refractivity contribution in [3.8, 4) is 6.07 Å². The van der Waals surface area contributed by atoms with Crippen LogP contribution in [0.1, 0.15) is 11.3 Å². The summed E-state index contributed by atoms with van der Waals surface area (Å²) in [7, 11) is 0. The fourth-order valence-corrected chi connectivity index (χ4v) is 1.92. The smallest absolute Gasteiger partial charge is 0.101 e.